The lowest BCUT2D eigenvalue weighted by Gasteiger charge is -2.10. The summed E-state index contributed by atoms with van der Waals surface area (Å²) < 4.78 is 0. The number of benzene rings is 1. The lowest BCUT2D eigenvalue weighted by molar-refractivity contribution is 0.922. The summed E-state index contributed by atoms with van der Waals surface area (Å²) in [6.07, 6.45) is 2.17. The van der Waals surface area contributed by atoms with Gasteiger partial charge in [0.05, 0.1) is 15.7 Å². The van der Waals surface area contributed by atoms with Gasteiger partial charge in [0.2, 0.25) is 0 Å². The molecule has 0 saturated carbocycles. The normalized spacial score (nSPS) is 10.5. The number of hydrogen-bond donors (Lipinski definition) is 1. The molecule has 1 heterocycles. The molecular weight excluding hydrogens is 279 g/mol. The van der Waals surface area contributed by atoms with Gasteiger partial charge in [-0.2, -0.15) is 0 Å². The van der Waals surface area contributed by atoms with Gasteiger partial charge in [0.25, 0.3) is 0 Å². The van der Waals surface area contributed by atoms with Gasteiger partial charge in [-0.3, -0.25) is 0 Å². The summed E-state index contributed by atoms with van der Waals surface area (Å²) in [6.45, 7) is 2.17. The topological polar surface area (TPSA) is 24.9 Å². The number of rotatable bonds is 4. The van der Waals surface area contributed by atoms with Crippen molar-refractivity contribution < 1.29 is 0 Å². The Balaban J connectivity index is 2.48. The van der Waals surface area contributed by atoms with Crippen molar-refractivity contribution in [1.29, 1.82) is 0 Å². The van der Waals surface area contributed by atoms with Gasteiger partial charge < -0.3 is 5.32 Å². The summed E-state index contributed by atoms with van der Waals surface area (Å²) in [6, 6.07) is 10.0. The van der Waals surface area contributed by atoms with E-state index >= 15 is 0 Å². The van der Waals surface area contributed by atoms with Gasteiger partial charge in [-0.05, 0) is 24.1 Å². The zero-order chi connectivity index (χ0) is 13.8. The Bertz CT molecular complexity index is 582. The first-order valence-corrected chi connectivity index (χ1v) is 7.04. The highest BCUT2D eigenvalue weighted by molar-refractivity contribution is 6.37. The van der Waals surface area contributed by atoms with Crippen LogP contribution < -0.4 is 5.32 Å². The molecule has 0 amide bonds. The third kappa shape index (κ3) is 3.20. The van der Waals surface area contributed by atoms with Crippen LogP contribution in [0.25, 0.3) is 11.3 Å². The molecule has 0 unspecified atom stereocenters. The maximum atomic E-state index is 6.25. The summed E-state index contributed by atoms with van der Waals surface area (Å²) in [7, 11) is 1.79. The largest absolute Gasteiger partial charge is 0.372 e. The number of halogens is 2. The van der Waals surface area contributed by atoms with E-state index in [1.165, 1.54) is 5.56 Å². The summed E-state index contributed by atoms with van der Waals surface area (Å²) in [5.74, 6) is 0.641. The number of hydrogen-bond acceptors (Lipinski definition) is 2. The minimum Gasteiger partial charge on any atom is -0.372 e. The van der Waals surface area contributed by atoms with Crippen LogP contribution in [0.15, 0.2) is 30.3 Å². The fourth-order valence-corrected chi connectivity index (χ4v) is 2.57. The molecule has 0 aliphatic carbocycles. The minimum absolute atomic E-state index is 0.529. The van der Waals surface area contributed by atoms with Gasteiger partial charge in [-0.15, -0.1) is 0 Å². The molecule has 19 heavy (non-hydrogen) atoms. The quantitative estimate of drug-likeness (QED) is 0.853. The highest BCUT2D eigenvalue weighted by Crippen LogP contribution is 2.32. The molecule has 0 aliphatic rings. The van der Waals surface area contributed by atoms with Gasteiger partial charge in [0.1, 0.15) is 5.82 Å². The second-order valence-corrected chi connectivity index (χ2v) is 5.16. The van der Waals surface area contributed by atoms with Gasteiger partial charge >= 0.3 is 0 Å². The average molecular weight is 295 g/mol. The number of pyridine rings is 1. The second-order valence-electron chi connectivity index (χ2n) is 4.35. The number of nitrogens with one attached hydrogen (secondary N) is 1. The lowest BCUT2D eigenvalue weighted by atomic mass is 10.0. The van der Waals surface area contributed by atoms with Crippen LogP contribution in [0.4, 0.5) is 5.82 Å². The van der Waals surface area contributed by atoms with E-state index in [1.54, 1.807) is 13.1 Å². The van der Waals surface area contributed by atoms with Crippen LogP contribution in [0.3, 0.4) is 0 Å². The van der Waals surface area contributed by atoms with Crippen molar-refractivity contribution in [3.05, 3.63) is 45.9 Å². The molecule has 1 N–H and O–H groups in total. The Labute approximate surface area is 123 Å². The third-order valence-corrected chi connectivity index (χ3v) is 3.48. The Morgan fingerprint density at radius 3 is 2.63 bits per heavy atom. The zero-order valence-electron chi connectivity index (χ0n) is 11.0. The van der Waals surface area contributed by atoms with Crippen LogP contribution >= 0.6 is 23.2 Å². The highest BCUT2D eigenvalue weighted by Gasteiger charge is 2.10. The van der Waals surface area contributed by atoms with Crippen molar-refractivity contribution in [2.45, 2.75) is 19.8 Å². The van der Waals surface area contributed by atoms with Crippen LogP contribution in [0.1, 0.15) is 18.9 Å². The molecule has 0 bridgehead atoms. The van der Waals surface area contributed by atoms with Crippen LogP contribution in [-0.2, 0) is 6.42 Å². The van der Waals surface area contributed by atoms with E-state index in [9.17, 15) is 0 Å². The van der Waals surface area contributed by atoms with Crippen LogP contribution in [0.5, 0.6) is 0 Å². The van der Waals surface area contributed by atoms with Gasteiger partial charge in [-0.1, -0.05) is 54.7 Å². The number of nitrogens with zero attached hydrogens (tertiary/aromatic N) is 1. The van der Waals surface area contributed by atoms with E-state index in [-0.39, 0.29) is 0 Å². The Morgan fingerprint density at radius 1 is 1.16 bits per heavy atom. The molecule has 4 heteroatoms. The zero-order valence-corrected chi connectivity index (χ0v) is 12.5. The van der Waals surface area contributed by atoms with Crippen molar-refractivity contribution >= 4 is 29.0 Å². The second kappa shape index (κ2) is 6.27. The maximum absolute atomic E-state index is 6.25. The van der Waals surface area contributed by atoms with E-state index in [1.807, 2.05) is 12.1 Å². The van der Waals surface area contributed by atoms with Crippen LogP contribution in [0.2, 0.25) is 10.0 Å². The summed E-state index contributed by atoms with van der Waals surface area (Å²) in [5, 5.41) is 4.07. The first-order chi connectivity index (χ1) is 9.15. The van der Waals surface area contributed by atoms with Crippen molar-refractivity contribution in [2.75, 3.05) is 12.4 Å². The van der Waals surface area contributed by atoms with E-state index < -0.39 is 0 Å². The molecule has 2 nitrogen and oxygen atoms in total. The molecule has 2 aromatic rings. The molecule has 0 spiro atoms. The average Bonchev–Trinajstić information content (AvgIpc) is 2.39. The van der Waals surface area contributed by atoms with Crippen molar-refractivity contribution in [3.63, 3.8) is 0 Å². The van der Waals surface area contributed by atoms with Crippen molar-refractivity contribution in [3.8, 4) is 11.3 Å². The molecule has 100 valence electrons. The van der Waals surface area contributed by atoms with Crippen molar-refractivity contribution in [2.24, 2.45) is 0 Å². The third-order valence-electron chi connectivity index (χ3n) is 2.91. The number of anilines is 1. The minimum atomic E-state index is 0.529. The fourth-order valence-electron chi connectivity index (χ4n) is 2.01. The molecular formula is C15H16Cl2N2. The monoisotopic (exact) mass is 294 g/mol. The van der Waals surface area contributed by atoms with Gasteiger partial charge in [0, 0.05) is 12.6 Å². The molecule has 1 aromatic heterocycles. The Kier molecular flexibility index (Phi) is 4.67. The van der Waals surface area contributed by atoms with E-state index in [4.69, 9.17) is 23.2 Å². The summed E-state index contributed by atoms with van der Waals surface area (Å²) in [4.78, 5) is 4.49. The number of aryl methyl sites for hydroxylation is 1. The van der Waals surface area contributed by atoms with Crippen LogP contribution in [0, 0.1) is 0 Å². The SMILES string of the molecule is CCCc1cccc(-c2nc(NC)c(Cl)cc2Cl)c1. The first-order valence-electron chi connectivity index (χ1n) is 6.28. The Morgan fingerprint density at radius 2 is 1.95 bits per heavy atom. The summed E-state index contributed by atoms with van der Waals surface area (Å²) >= 11 is 12.3. The molecule has 1 aromatic carbocycles. The molecule has 0 radical (unpaired) electrons. The van der Waals surface area contributed by atoms with Gasteiger partial charge in [0.15, 0.2) is 0 Å². The maximum Gasteiger partial charge on any atom is 0.145 e. The standard InChI is InChI=1S/C15H16Cl2N2/c1-3-5-10-6-4-7-11(8-10)14-12(16)9-13(17)15(18-2)19-14/h4,6-9H,3,5H2,1-2H3,(H,18,19). The number of aromatic nitrogens is 1. The molecule has 0 aliphatic heterocycles. The smallest absolute Gasteiger partial charge is 0.145 e. The lowest BCUT2D eigenvalue weighted by Crippen LogP contribution is -1.96. The fraction of sp³-hybridized carbons (Fsp3) is 0.267. The predicted octanol–water partition coefficient (Wildman–Crippen LogP) is 5.05. The molecule has 0 saturated heterocycles. The van der Waals surface area contributed by atoms with E-state index in [0.29, 0.717) is 15.9 Å². The molecule has 2 rings (SSSR count). The first kappa shape index (κ1) is 14.2. The van der Waals surface area contributed by atoms with Crippen LogP contribution in [-0.4, -0.2) is 12.0 Å². The van der Waals surface area contributed by atoms with E-state index in [2.05, 4.69) is 29.4 Å². The highest BCUT2D eigenvalue weighted by atomic mass is 35.5. The summed E-state index contributed by atoms with van der Waals surface area (Å²) in [5.41, 5.74) is 3.07. The predicted molar refractivity (Wildman–Crippen MR) is 83.2 cm³/mol. The molecule has 0 fully saturated rings. The molecule has 0 atom stereocenters. The Hall–Kier alpha value is -1.25. The van der Waals surface area contributed by atoms with Crippen molar-refractivity contribution in [1.82, 2.24) is 4.98 Å². The van der Waals surface area contributed by atoms with E-state index in [0.717, 1.165) is 24.1 Å². The van der Waals surface area contributed by atoms with Gasteiger partial charge in [-0.25, -0.2) is 4.98 Å².